The van der Waals surface area contributed by atoms with E-state index in [0.29, 0.717) is 5.56 Å². The van der Waals surface area contributed by atoms with Crippen LogP contribution in [-0.2, 0) is 12.6 Å². The molecule has 3 aromatic rings. The van der Waals surface area contributed by atoms with Crippen molar-refractivity contribution in [1.29, 1.82) is 0 Å². The Hall–Kier alpha value is -3.10. The Morgan fingerprint density at radius 3 is 2.62 bits per heavy atom. The fraction of sp³-hybridized carbons (Fsp3) is 0.176. The molecule has 0 atom stereocenters. The Morgan fingerprint density at radius 2 is 1.88 bits per heavy atom. The highest BCUT2D eigenvalue weighted by Gasteiger charge is 2.37. The number of alkyl halides is 3. The zero-order valence-corrected chi connectivity index (χ0v) is 13.2. The number of urea groups is 1. The van der Waals surface area contributed by atoms with Crippen molar-refractivity contribution in [3.05, 3.63) is 59.7 Å². The Morgan fingerprint density at radius 1 is 1.12 bits per heavy atom. The van der Waals surface area contributed by atoms with E-state index in [-0.39, 0.29) is 35.6 Å². The summed E-state index contributed by atoms with van der Waals surface area (Å²) < 4.78 is 56.2. The van der Waals surface area contributed by atoms with Crippen LogP contribution in [0.3, 0.4) is 0 Å². The van der Waals surface area contributed by atoms with Crippen LogP contribution >= 0.6 is 0 Å². The van der Waals surface area contributed by atoms with E-state index in [1.54, 1.807) is 18.2 Å². The number of amides is 2. The first-order valence-electron chi connectivity index (χ1n) is 7.59. The summed E-state index contributed by atoms with van der Waals surface area (Å²) >= 11 is 0. The highest BCUT2D eigenvalue weighted by atomic mass is 19.4. The molecule has 1 heterocycles. The second kappa shape index (κ2) is 7.03. The summed E-state index contributed by atoms with van der Waals surface area (Å²) in [5.74, 6) is -1.76. The summed E-state index contributed by atoms with van der Waals surface area (Å²) in [7, 11) is 0. The summed E-state index contributed by atoms with van der Waals surface area (Å²) in [6.45, 7) is 0.148. The molecule has 0 aliphatic carbocycles. The molecule has 2 aromatic carbocycles. The Kier molecular flexibility index (Phi) is 4.79. The van der Waals surface area contributed by atoms with Gasteiger partial charge >= 0.3 is 18.1 Å². The molecule has 2 N–H and O–H groups in total. The highest BCUT2D eigenvalue weighted by Crippen LogP contribution is 2.33. The lowest BCUT2D eigenvalue weighted by atomic mass is 10.1. The van der Waals surface area contributed by atoms with E-state index in [9.17, 15) is 22.4 Å². The van der Waals surface area contributed by atoms with E-state index in [2.05, 4.69) is 20.0 Å². The van der Waals surface area contributed by atoms with Gasteiger partial charge in [0.2, 0.25) is 0 Å². The molecule has 5 nitrogen and oxygen atoms in total. The molecule has 0 radical (unpaired) electrons. The lowest BCUT2D eigenvalue weighted by Crippen LogP contribution is -2.30. The topological polar surface area (TPSA) is 67.2 Å². The molecule has 0 bridgehead atoms. The van der Waals surface area contributed by atoms with Crippen LogP contribution in [0, 0.1) is 5.82 Å². The number of nitrogens with one attached hydrogen (secondary N) is 2. The predicted octanol–water partition coefficient (Wildman–Crippen LogP) is 4.35. The van der Waals surface area contributed by atoms with Crippen molar-refractivity contribution < 1.29 is 26.8 Å². The third-order valence-electron chi connectivity index (χ3n) is 3.55. The van der Waals surface area contributed by atoms with Crippen molar-refractivity contribution in [2.24, 2.45) is 0 Å². The first kappa shape index (κ1) is 17.7. The molecule has 1 aromatic heterocycles. The van der Waals surface area contributed by atoms with Gasteiger partial charge in [-0.2, -0.15) is 13.2 Å². The van der Waals surface area contributed by atoms with Crippen LogP contribution in [0.1, 0.15) is 11.5 Å². The molecule has 136 valence electrons. The average molecular weight is 367 g/mol. The molecule has 2 amide bonds. The number of oxazole rings is 1. The van der Waals surface area contributed by atoms with Crippen molar-refractivity contribution in [1.82, 2.24) is 10.3 Å². The first-order valence-corrected chi connectivity index (χ1v) is 7.59. The number of aromatic nitrogens is 1. The number of hydrogen-bond donors (Lipinski definition) is 2. The minimum Gasteiger partial charge on any atom is -0.433 e. The van der Waals surface area contributed by atoms with E-state index in [0.717, 1.165) is 0 Å². The fourth-order valence-electron chi connectivity index (χ4n) is 2.35. The largest absolute Gasteiger partial charge is 0.468 e. The number of benzene rings is 2. The quantitative estimate of drug-likeness (QED) is 0.674. The molecule has 0 aliphatic heterocycles. The molecular weight excluding hydrogens is 354 g/mol. The van der Waals surface area contributed by atoms with E-state index in [1.807, 2.05) is 0 Å². The number of rotatable bonds is 4. The minimum atomic E-state index is -4.72. The number of carbonyl (C=O) groups excluding carboxylic acids is 1. The number of carbonyl (C=O) groups is 1. The van der Waals surface area contributed by atoms with Crippen molar-refractivity contribution in [2.45, 2.75) is 12.6 Å². The maximum absolute atomic E-state index is 13.5. The molecule has 9 heteroatoms. The average Bonchev–Trinajstić information content (AvgIpc) is 3.02. The van der Waals surface area contributed by atoms with Gasteiger partial charge in [-0.1, -0.05) is 24.3 Å². The van der Waals surface area contributed by atoms with Crippen molar-refractivity contribution in [3.63, 3.8) is 0 Å². The van der Waals surface area contributed by atoms with Gasteiger partial charge in [0.05, 0.1) is 5.69 Å². The molecule has 0 saturated carbocycles. The van der Waals surface area contributed by atoms with Gasteiger partial charge in [-0.3, -0.25) is 0 Å². The number of anilines is 1. The molecule has 26 heavy (non-hydrogen) atoms. The van der Waals surface area contributed by atoms with Crippen LogP contribution in [0.4, 0.5) is 28.0 Å². The molecule has 0 spiro atoms. The molecule has 0 aliphatic rings. The Bertz CT molecular complexity index is 937. The monoisotopic (exact) mass is 367 g/mol. The molecular formula is C17H13F4N3O2. The zero-order valence-electron chi connectivity index (χ0n) is 13.2. The standard InChI is InChI=1S/C17H13F4N3O2/c18-11-5-2-1-4-10(11)8-9-22-16(25)23-12-6-3-7-13-14(12)24-15(26-13)17(19,20)21/h1-7H,8-9H2,(H2,22,23,25). The van der Waals surface area contributed by atoms with Crippen molar-refractivity contribution in [3.8, 4) is 0 Å². The molecule has 0 fully saturated rings. The van der Waals surface area contributed by atoms with E-state index in [4.69, 9.17) is 0 Å². The van der Waals surface area contributed by atoms with Crippen molar-refractivity contribution in [2.75, 3.05) is 11.9 Å². The highest BCUT2D eigenvalue weighted by molar-refractivity contribution is 5.98. The maximum atomic E-state index is 13.5. The smallest absolute Gasteiger partial charge is 0.433 e. The van der Waals surface area contributed by atoms with E-state index in [1.165, 1.54) is 24.3 Å². The second-order valence-electron chi connectivity index (χ2n) is 5.39. The van der Waals surface area contributed by atoms with E-state index >= 15 is 0 Å². The summed E-state index contributed by atoms with van der Waals surface area (Å²) in [4.78, 5) is 15.3. The third-order valence-corrected chi connectivity index (χ3v) is 3.55. The van der Waals surface area contributed by atoms with Crippen LogP contribution in [0.25, 0.3) is 11.1 Å². The molecule has 0 saturated heterocycles. The van der Waals surface area contributed by atoms with E-state index < -0.39 is 18.1 Å². The third kappa shape index (κ3) is 3.93. The van der Waals surface area contributed by atoms with Gasteiger partial charge in [0.25, 0.3) is 0 Å². The maximum Gasteiger partial charge on any atom is 0.468 e. The van der Waals surface area contributed by atoms with Gasteiger partial charge in [0.1, 0.15) is 11.3 Å². The fourth-order valence-corrected chi connectivity index (χ4v) is 2.35. The first-order chi connectivity index (χ1) is 12.3. The summed E-state index contributed by atoms with van der Waals surface area (Å²) in [6.07, 6.45) is -4.45. The van der Waals surface area contributed by atoms with Crippen LogP contribution in [0.2, 0.25) is 0 Å². The lowest BCUT2D eigenvalue weighted by molar-refractivity contribution is -0.156. The molecule has 3 rings (SSSR count). The number of hydrogen-bond acceptors (Lipinski definition) is 3. The Balaban J connectivity index is 1.66. The predicted molar refractivity (Wildman–Crippen MR) is 86.1 cm³/mol. The second-order valence-corrected chi connectivity index (χ2v) is 5.39. The van der Waals surface area contributed by atoms with Gasteiger partial charge in [-0.05, 0) is 30.2 Å². The van der Waals surface area contributed by atoms with Gasteiger partial charge in [0, 0.05) is 6.54 Å². The number of nitrogens with zero attached hydrogens (tertiary/aromatic N) is 1. The minimum absolute atomic E-state index is 0.0742. The zero-order chi connectivity index (χ0) is 18.7. The number of halogens is 4. The van der Waals surface area contributed by atoms with Gasteiger partial charge in [-0.25, -0.2) is 14.2 Å². The summed E-state index contributed by atoms with van der Waals surface area (Å²) in [5, 5.41) is 4.93. The van der Waals surface area contributed by atoms with Gasteiger partial charge in [0.15, 0.2) is 5.58 Å². The van der Waals surface area contributed by atoms with Gasteiger partial charge < -0.3 is 15.1 Å². The normalized spacial score (nSPS) is 11.5. The van der Waals surface area contributed by atoms with Crippen molar-refractivity contribution >= 4 is 22.8 Å². The number of fused-ring (bicyclic) bond motifs is 1. The lowest BCUT2D eigenvalue weighted by Gasteiger charge is -2.08. The van der Waals surface area contributed by atoms with Crippen LogP contribution < -0.4 is 10.6 Å². The van der Waals surface area contributed by atoms with Crippen LogP contribution in [0.5, 0.6) is 0 Å². The Labute approximate surface area is 145 Å². The summed E-state index contributed by atoms with van der Waals surface area (Å²) in [5.41, 5.74) is 0.317. The van der Waals surface area contributed by atoms with Gasteiger partial charge in [-0.15, -0.1) is 0 Å². The van der Waals surface area contributed by atoms with Crippen LogP contribution in [0.15, 0.2) is 46.9 Å². The number of para-hydroxylation sites is 1. The summed E-state index contributed by atoms with van der Waals surface area (Å²) in [6, 6.07) is 9.67. The molecule has 0 unspecified atom stereocenters. The SMILES string of the molecule is O=C(NCCc1ccccc1F)Nc1cccc2oc(C(F)(F)F)nc12. The van der Waals surface area contributed by atoms with Crippen LogP contribution in [-0.4, -0.2) is 17.6 Å².